The van der Waals surface area contributed by atoms with E-state index in [1.165, 1.54) is 16.3 Å². The van der Waals surface area contributed by atoms with Crippen LogP contribution in [0, 0.1) is 19.8 Å². The summed E-state index contributed by atoms with van der Waals surface area (Å²) in [5.41, 5.74) is 1.14. The third-order valence-electron chi connectivity index (χ3n) is 5.87. The Morgan fingerprint density at radius 3 is 2.50 bits per heavy atom. The van der Waals surface area contributed by atoms with E-state index in [1.54, 1.807) is 11.3 Å². The molecule has 7 nitrogen and oxygen atoms in total. The molecule has 2 aliphatic rings. The number of halogens is 1. The van der Waals surface area contributed by atoms with Gasteiger partial charge in [0.25, 0.3) is 0 Å². The average molecular weight is 549 g/mol. The van der Waals surface area contributed by atoms with E-state index < -0.39 is 0 Å². The van der Waals surface area contributed by atoms with Crippen molar-refractivity contribution < 1.29 is 4.79 Å². The molecule has 1 amide bonds. The highest BCUT2D eigenvalue weighted by Crippen LogP contribution is 2.28. The molecular weight excluding hydrogens is 511 g/mol. The molecule has 30 heavy (non-hydrogen) atoms. The van der Waals surface area contributed by atoms with E-state index in [2.05, 4.69) is 46.2 Å². The Kier molecular flexibility index (Phi) is 10.8. The molecule has 0 spiro atoms. The van der Waals surface area contributed by atoms with E-state index >= 15 is 0 Å². The van der Waals surface area contributed by atoms with Crippen molar-refractivity contribution in [2.24, 2.45) is 10.9 Å². The Morgan fingerprint density at radius 1 is 1.20 bits per heavy atom. The minimum absolute atomic E-state index is 0. The van der Waals surface area contributed by atoms with Gasteiger partial charge in [-0.05, 0) is 33.6 Å². The number of amides is 1. The first-order chi connectivity index (χ1) is 14.1. The van der Waals surface area contributed by atoms with E-state index in [0.29, 0.717) is 11.8 Å². The topological polar surface area (TPSA) is 72.9 Å². The van der Waals surface area contributed by atoms with Crippen molar-refractivity contribution in [2.45, 2.75) is 46.5 Å². The highest BCUT2D eigenvalue weighted by Gasteiger charge is 2.30. The van der Waals surface area contributed by atoms with Crippen molar-refractivity contribution >= 4 is 47.2 Å². The van der Waals surface area contributed by atoms with Crippen LogP contribution >= 0.6 is 35.3 Å². The molecule has 2 N–H and O–H groups in total. The van der Waals surface area contributed by atoms with E-state index in [1.807, 2.05) is 0 Å². The number of nitrogens with one attached hydrogen (secondary N) is 2. The Bertz CT molecular complexity index is 678. The summed E-state index contributed by atoms with van der Waals surface area (Å²) in [7, 11) is 0. The van der Waals surface area contributed by atoms with Gasteiger partial charge >= 0.3 is 0 Å². The van der Waals surface area contributed by atoms with Crippen LogP contribution in [0.15, 0.2) is 4.99 Å². The maximum absolute atomic E-state index is 12.4. The molecule has 1 saturated heterocycles. The van der Waals surface area contributed by atoms with Gasteiger partial charge in [-0.15, -0.1) is 35.3 Å². The molecule has 2 heterocycles. The summed E-state index contributed by atoms with van der Waals surface area (Å²) >= 11 is 1.78. The SMILES string of the molecule is CCNC(=NCCN1CCN(C(=O)C2CCC2)CC1)NCCc1nc(C)c(C)s1.I. The molecule has 0 atom stereocenters. The van der Waals surface area contributed by atoms with Crippen molar-refractivity contribution in [1.29, 1.82) is 0 Å². The van der Waals surface area contributed by atoms with Gasteiger partial charge in [-0.3, -0.25) is 14.7 Å². The summed E-state index contributed by atoms with van der Waals surface area (Å²) in [6.07, 6.45) is 4.33. The molecule has 1 aliphatic carbocycles. The Balaban J connectivity index is 0.00000320. The minimum Gasteiger partial charge on any atom is -0.357 e. The zero-order valence-electron chi connectivity index (χ0n) is 18.6. The summed E-state index contributed by atoms with van der Waals surface area (Å²) in [6, 6.07) is 0. The van der Waals surface area contributed by atoms with E-state index in [4.69, 9.17) is 4.99 Å². The normalized spacial score (nSPS) is 18.0. The zero-order chi connectivity index (χ0) is 20.6. The Hall–Kier alpha value is -0.940. The predicted octanol–water partition coefficient (Wildman–Crippen LogP) is 2.42. The van der Waals surface area contributed by atoms with E-state index in [0.717, 1.165) is 83.3 Å². The number of piperazine rings is 1. The number of aryl methyl sites for hydroxylation is 2. The summed E-state index contributed by atoms with van der Waals surface area (Å²) in [6.45, 7) is 13.3. The Labute approximate surface area is 202 Å². The fraction of sp³-hybridized carbons (Fsp3) is 0.762. The second-order valence-corrected chi connectivity index (χ2v) is 9.27. The summed E-state index contributed by atoms with van der Waals surface area (Å²) in [4.78, 5) is 27.5. The predicted molar refractivity (Wildman–Crippen MR) is 135 cm³/mol. The second kappa shape index (κ2) is 12.8. The largest absolute Gasteiger partial charge is 0.357 e. The van der Waals surface area contributed by atoms with Crippen LogP contribution in [-0.4, -0.2) is 79.0 Å². The van der Waals surface area contributed by atoms with Crippen molar-refractivity contribution in [3.05, 3.63) is 15.6 Å². The quantitative estimate of drug-likeness (QED) is 0.297. The number of carbonyl (C=O) groups is 1. The van der Waals surface area contributed by atoms with Crippen LogP contribution in [-0.2, 0) is 11.2 Å². The van der Waals surface area contributed by atoms with Crippen LogP contribution in [0.5, 0.6) is 0 Å². The van der Waals surface area contributed by atoms with Crippen LogP contribution < -0.4 is 10.6 Å². The smallest absolute Gasteiger partial charge is 0.225 e. The van der Waals surface area contributed by atoms with Gasteiger partial charge in [0.1, 0.15) is 0 Å². The number of guanidine groups is 1. The molecule has 2 fully saturated rings. The number of aromatic nitrogens is 1. The number of hydrogen-bond acceptors (Lipinski definition) is 5. The molecule has 1 saturated carbocycles. The molecule has 1 aromatic rings. The summed E-state index contributed by atoms with van der Waals surface area (Å²) < 4.78 is 0. The highest BCUT2D eigenvalue weighted by molar-refractivity contribution is 14.0. The number of carbonyl (C=O) groups excluding carboxylic acids is 1. The van der Waals surface area contributed by atoms with Crippen molar-refractivity contribution in [2.75, 3.05) is 52.4 Å². The van der Waals surface area contributed by atoms with Crippen molar-refractivity contribution in [3.63, 3.8) is 0 Å². The lowest BCUT2D eigenvalue weighted by atomic mass is 9.84. The first-order valence-corrected chi connectivity index (χ1v) is 11.8. The lowest BCUT2D eigenvalue weighted by molar-refractivity contribution is -0.139. The fourth-order valence-electron chi connectivity index (χ4n) is 3.68. The summed E-state index contributed by atoms with van der Waals surface area (Å²) in [5, 5.41) is 7.92. The van der Waals surface area contributed by atoms with Crippen LogP contribution in [0.1, 0.15) is 41.8 Å². The van der Waals surface area contributed by atoms with Gasteiger partial charge in [0.2, 0.25) is 5.91 Å². The van der Waals surface area contributed by atoms with Gasteiger partial charge in [-0.25, -0.2) is 4.98 Å². The minimum atomic E-state index is 0. The standard InChI is InChI=1S/C21H36N6OS.HI/c1-4-22-21(23-9-8-19-25-16(2)17(3)29-19)24-10-11-26-12-14-27(15-13-26)20(28)18-6-5-7-18;/h18H,4-15H2,1-3H3,(H2,22,23,24);1H. The van der Waals surface area contributed by atoms with Gasteiger partial charge in [0, 0.05) is 63.0 Å². The van der Waals surface area contributed by atoms with Crippen LogP contribution in [0.4, 0.5) is 0 Å². The molecule has 170 valence electrons. The lowest BCUT2D eigenvalue weighted by Gasteiger charge is -2.38. The molecule has 0 unspecified atom stereocenters. The van der Waals surface area contributed by atoms with Gasteiger partial charge < -0.3 is 15.5 Å². The van der Waals surface area contributed by atoms with Gasteiger partial charge in [0.15, 0.2) is 5.96 Å². The first kappa shape index (κ1) is 25.3. The molecule has 3 rings (SSSR count). The number of rotatable bonds is 8. The maximum atomic E-state index is 12.4. The number of nitrogens with zero attached hydrogens (tertiary/aromatic N) is 4. The molecule has 1 aliphatic heterocycles. The molecule has 1 aromatic heterocycles. The van der Waals surface area contributed by atoms with E-state index in [9.17, 15) is 4.79 Å². The second-order valence-electron chi connectivity index (χ2n) is 7.98. The molecule has 0 radical (unpaired) electrons. The third kappa shape index (κ3) is 7.33. The monoisotopic (exact) mass is 548 g/mol. The number of aliphatic imine (C=N–C) groups is 1. The van der Waals surface area contributed by atoms with Gasteiger partial charge in [0.05, 0.1) is 17.2 Å². The molecule has 9 heteroatoms. The molecular formula is C21H37IN6OS. The van der Waals surface area contributed by atoms with Crippen molar-refractivity contribution in [1.82, 2.24) is 25.4 Å². The third-order valence-corrected chi connectivity index (χ3v) is 7.01. The fourth-order valence-corrected chi connectivity index (χ4v) is 4.62. The zero-order valence-corrected chi connectivity index (χ0v) is 21.7. The first-order valence-electron chi connectivity index (χ1n) is 11.0. The van der Waals surface area contributed by atoms with E-state index in [-0.39, 0.29) is 24.0 Å². The van der Waals surface area contributed by atoms with Crippen LogP contribution in [0.2, 0.25) is 0 Å². The average Bonchev–Trinajstić information content (AvgIpc) is 2.98. The van der Waals surface area contributed by atoms with Gasteiger partial charge in [-0.1, -0.05) is 6.42 Å². The van der Waals surface area contributed by atoms with Crippen LogP contribution in [0.25, 0.3) is 0 Å². The summed E-state index contributed by atoms with van der Waals surface area (Å²) in [5.74, 6) is 1.58. The number of hydrogen-bond donors (Lipinski definition) is 2. The molecule has 0 aromatic carbocycles. The molecule has 0 bridgehead atoms. The maximum Gasteiger partial charge on any atom is 0.225 e. The van der Waals surface area contributed by atoms with Crippen molar-refractivity contribution in [3.8, 4) is 0 Å². The lowest BCUT2D eigenvalue weighted by Crippen LogP contribution is -2.51. The number of thiazole rings is 1. The Morgan fingerprint density at radius 2 is 1.93 bits per heavy atom. The highest BCUT2D eigenvalue weighted by atomic mass is 127. The van der Waals surface area contributed by atoms with Gasteiger partial charge in [-0.2, -0.15) is 0 Å². The van der Waals surface area contributed by atoms with Crippen LogP contribution in [0.3, 0.4) is 0 Å².